The minimum absolute atomic E-state index is 0.128. The molecule has 0 heterocycles. The monoisotopic (exact) mass is 321 g/mol. The van der Waals surface area contributed by atoms with Crippen LogP contribution in [0.25, 0.3) is 0 Å². The fourth-order valence-electron chi connectivity index (χ4n) is 1.70. The molecule has 0 aliphatic heterocycles. The third-order valence-electron chi connectivity index (χ3n) is 2.93. The number of carboxylic acids is 1. The molecule has 0 radical (unpaired) electrons. The summed E-state index contributed by atoms with van der Waals surface area (Å²) in [6, 6.07) is 7.17. The van der Waals surface area contributed by atoms with E-state index in [-0.39, 0.29) is 18.9 Å². The number of hydrogen-bond donors (Lipinski definition) is 2. The number of amides is 2. The maximum absolute atomic E-state index is 11.7. The Bertz CT molecular complexity index is 528. The number of hydrogen-bond acceptors (Lipinski definition) is 5. The van der Waals surface area contributed by atoms with Crippen molar-refractivity contribution in [3.05, 3.63) is 29.8 Å². The third kappa shape index (κ3) is 8.45. The molecule has 0 atom stereocenters. The van der Waals surface area contributed by atoms with Crippen LogP contribution < -0.4 is 20.5 Å². The number of aliphatic carboxylic acids is 1. The Morgan fingerprint density at radius 1 is 1.04 bits per heavy atom. The smallest absolute Gasteiger partial charge is 0.239 e. The number of ether oxygens (including phenoxy) is 1. The Hall–Kier alpha value is -2.57. The summed E-state index contributed by atoms with van der Waals surface area (Å²) in [4.78, 5) is 33.1. The first-order valence-electron chi connectivity index (χ1n) is 7.46. The lowest BCUT2D eigenvalue weighted by atomic mass is 10.1. The highest BCUT2D eigenvalue weighted by atomic mass is 16.5. The molecule has 0 spiro atoms. The SMILES string of the molecule is CCCCOc1ccc(CC(=O)NCC(=O)NCC(=O)[O-])cc1. The summed E-state index contributed by atoms with van der Waals surface area (Å²) in [6.45, 7) is 1.90. The van der Waals surface area contributed by atoms with E-state index >= 15 is 0 Å². The Balaban J connectivity index is 2.31. The summed E-state index contributed by atoms with van der Waals surface area (Å²) < 4.78 is 5.53. The van der Waals surface area contributed by atoms with Gasteiger partial charge < -0.3 is 25.3 Å². The zero-order chi connectivity index (χ0) is 17.1. The molecular formula is C16H21N2O5-. The highest BCUT2D eigenvalue weighted by Gasteiger charge is 2.06. The number of carbonyl (C=O) groups is 3. The summed E-state index contributed by atoms with van der Waals surface area (Å²) in [5, 5.41) is 14.7. The fraction of sp³-hybridized carbons (Fsp3) is 0.438. The largest absolute Gasteiger partial charge is 0.548 e. The van der Waals surface area contributed by atoms with Crippen LogP contribution in [0.3, 0.4) is 0 Å². The Morgan fingerprint density at radius 3 is 2.30 bits per heavy atom. The molecule has 1 rings (SSSR count). The van der Waals surface area contributed by atoms with Crippen molar-refractivity contribution < 1.29 is 24.2 Å². The number of rotatable bonds is 10. The van der Waals surface area contributed by atoms with Gasteiger partial charge in [-0.15, -0.1) is 0 Å². The molecule has 0 fully saturated rings. The first-order chi connectivity index (χ1) is 11.0. The lowest BCUT2D eigenvalue weighted by molar-refractivity contribution is -0.304. The van der Waals surface area contributed by atoms with E-state index in [2.05, 4.69) is 17.6 Å². The maximum atomic E-state index is 11.7. The van der Waals surface area contributed by atoms with E-state index in [1.54, 1.807) is 24.3 Å². The van der Waals surface area contributed by atoms with Crippen LogP contribution in [-0.2, 0) is 20.8 Å². The summed E-state index contributed by atoms with van der Waals surface area (Å²) in [6.07, 6.45) is 2.18. The maximum Gasteiger partial charge on any atom is 0.239 e. The number of nitrogens with one attached hydrogen (secondary N) is 2. The van der Waals surface area contributed by atoms with Crippen molar-refractivity contribution in [1.29, 1.82) is 0 Å². The zero-order valence-corrected chi connectivity index (χ0v) is 13.1. The van der Waals surface area contributed by atoms with Crippen molar-refractivity contribution in [2.45, 2.75) is 26.2 Å². The average molecular weight is 321 g/mol. The minimum atomic E-state index is -1.38. The van der Waals surface area contributed by atoms with Crippen molar-refractivity contribution in [2.75, 3.05) is 19.7 Å². The summed E-state index contributed by atoms with van der Waals surface area (Å²) in [5.41, 5.74) is 0.792. The minimum Gasteiger partial charge on any atom is -0.548 e. The first-order valence-corrected chi connectivity index (χ1v) is 7.46. The molecule has 23 heavy (non-hydrogen) atoms. The molecule has 2 N–H and O–H groups in total. The van der Waals surface area contributed by atoms with Gasteiger partial charge in [-0.05, 0) is 24.1 Å². The predicted octanol–water partition coefficient (Wildman–Crippen LogP) is -0.610. The molecule has 0 unspecified atom stereocenters. The van der Waals surface area contributed by atoms with Crippen LogP contribution in [0.2, 0.25) is 0 Å². The second-order valence-electron chi connectivity index (χ2n) is 4.95. The van der Waals surface area contributed by atoms with Gasteiger partial charge in [0.25, 0.3) is 0 Å². The molecule has 0 saturated heterocycles. The molecule has 126 valence electrons. The number of carboxylic acid groups (broad SMARTS) is 1. The van der Waals surface area contributed by atoms with Gasteiger partial charge in [0.2, 0.25) is 11.8 Å². The van der Waals surface area contributed by atoms with E-state index in [9.17, 15) is 19.5 Å². The van der Waals surface area contributed by atoms with Crippen molar-refractivity contribution in [1.82, 2.24) is 10.6 Å². The van der Waals surface area contributed by atoms with Gasteiger partial charge in [-0.25, -0.2) is 0 Å². The molecule has 0 aromatic heterocycles. The molecule has 7 heteroatoms. The van der Waals surface area contributed by atoms with E-state index in [1.165, 1.54) is 0 Å². The normalized spacial score (nSPS) is 9.96. The molecule has 1 aromatic rings. The van der Waals surface area contributed by atoms with Gasteiger partial charge in [0.15, 0.2) is 0 Å². The lowest BCUT2D eigenvalue weighted by Gasteiger charge is -2.08. The van der Waals surface area contributed by atoms with Gasteiger partial charge >= 0.3 is 0 Å². The molecule has 2 amide bonds. The lowest BCUT2D eigenvalue weighted by Crippen LogP contribution is -2.42. The van der Waals surface area contributed by atoms with Crippen molar-refractivity contribution in [3.8, 4) is 5.75 Å². The van der Waals surface area contributed by atoms with E-state index in [1.807, 2.05) is 0 Å². The number of unbranched alkanes of at least 4 members (excludes halogenated alkanes) is 1. The Labute approximate surface area is 135 Å². The van der Waals surface area contributed by atoms with Gasteiger partial charge in [-0.1, -0.05) is 25.5 Å². The first kappa shape index (κ1) is 18.5. The van der Waals surface area contributed by atoms with E-state index in [0.29, 0.717) is 6.61 Å². The highest BCUT2D eigenvalue weighted by molar-refractivity contribution is 5.87. The van der Waals surface area contributed by atoms with Gasteiger partial charge in [0, 0.05) is 0 Å². The van der Waals surface area contributed by atoms with Gasteiger partial charge in [0.1, 0.15) is 5.75 Å². The average Bonchev–Trinajstić information content (AvgIpc) is 2.53. The zero-order valence-electron chi connectivity index (χ0n) is 13.1. The second kappa shape index (κ2) is 10.2. The molecule has 1 aromatic carbocycles. The van der Waals surface area contributed by atoms with Crippen LogP contribution >= 0.6 is 0 Å². The van der Waals surface area contributed by atoms with Gasteiger partial charge in [-0.2, -0.15) is 0 Å². The fourth-order valence-corrected chi connectivity index (χ4v) is 1.70. The summed E-state index contributed by atoms with van der Waals surface area (Å²) in [5.74, 6) is -1.54. The van der Waals surface area contributed by atoms with Crippen LogP contribution in [0, 0.1) is 0 Å². The van der Waals surface area contributed by atoms with Gasteiger partial charge in [0.05, 0.1) is 32.1 Å². The van der Waals surface area contributed by atoms with Crippen LogP contribution in [0.4, 0.5) is 0 Å². The Kier molecular flexibility index (Phi) is 8.20. The molecular weight excluding hydrogens is 300 g/mol. The van der Waals surface area contributed by atoms with Crippen LogP contribution in [0.1, 0.15) is 25.3 Å². The summed E-state index contributed by atoms with van der Waals surface area (Å²) in [7, 11) is 0. The third-order valence-corrected chi connectivity index (χ3v) is 2.93. The molecule has 0 aliphatic rings. The van der Waals surface area contributed by atoms with Crippen molar-refractivity contribution >= 4 is 17.8 Å². The van der Waals surface area contributed by atoms with E-state index < -0.39 is 18.4 Å². The standard InChI is InChI=1S/C16H22N2O5/c1-2-3-8-23-13-6-4-12(5-7-13)9-14(19)17-10-15(20)18-11-16(21)22/h4-7H,2-3,8-11H2,1H3,(H,17,19)(H,18,20)(H,21,22)/p-1. The molecule has 0 bridgehead atoms. The quantitative estimate of drug-likeness (QED) is 0.559. The molecule has 0 saturated carbocycles. The Morgan fingerprint density at radius 2 is 1.70 bits per heavy atom. The topological polar surface area (TPSA) is 108 Å². The van der Waals surface area contributed by atoms with E-state index in [0.717, 1.165) is 24.2 Å². The van der Waals surface area contributed by atoms with Crippen molar-refractivity contribution in [2.24, 2.45) is 0 Å². The number of carbonyl (C=O) groups excluding carboxylic acids is 3. The molecule has 0 aliphatic carbocycles. The van der Waals surface area contributed by atoms with Crippen molar-refractivity contribution in [3.63, 3.8) is 0 Å². The summed E-state index contributed by atoms with van der Waals surface area (Å²) >= 11 is 0. The highest BCUT2D eigenvalue weighted by Crippen LogP contribution is 2.13. The predicted molar refractivity (Wildman–Crippen MR) is 81.6 cm³/mol. The number of benzene rings is 1. The van der Waals surface area contributed by atoms with Crippen LogP contribution in [0.15, 0.2) is 24.3 Å². The van der Waals surface area contributed by atoms with E-state index in [4.69, 9.17) is 4.74 Å². The molecule has 7 nitrogen and oxygen atoms in total. The van der Waals surface area contributed by atoms with Crippen LogP contribution in [-0.4, -0.2) is 37.5 Å². The van der Waals surface area contributed by atoms with Crippen LogP contribution in [0.5, 0.6) is 5.75 Å². The second-order valence-corrected chi connectivity index (χ2v) is 4.95. The van der Waals surface area contributed by atoms with Gasteiger partial charge in [-0.3, -0.25) is 9.59 Å².